The normalized spacial score (nSPS) is 28.3. The van der Waals surface area contributed by atoms with Gasteiger partial charge in [0.15, 0.2) is 5.82 Å². The molecule has 0 saturated heterocycles. The molecule has 0 spiro atoms. The Morgan fingerprint density at radius 3 is 2.79 bits per heavy atom. The Bertz CT molecular complexity index is 696. The van der Waals surface area contributed by atoms with Crippen LogP contribution in [0.15, 0.2) is 11.7 Å². The van der Waals surface area contributed by atoms with Crippen molar-refractivity contribution in [3.05, 3.63) is 17.4 Å². The molecule has 0 radical (unpaired) electrons. The number of anilines is 1. The second-order valence-electron chi connectivity index (χ2n) is 5.10. The third-order valence-electron chi connectivity index (χ3n) is 3.92. The van der Waals surface area contributed by atoms with E-state index < -0.39 is 11.9 Å². The first-order valence-electron chi connectivity index (χ1n) is 5.75. The van der Waals surface area contributed by atoms with E-state index in [1.54, 1.807) is 0 Å². The third kappa shape index (κ3) is 1.46. The number of nitrogens with zero attached hydrogens (tertiary/aromatic N) is 2. The summed E-state index contributed by atoms with van der Waals surface area (Å²) in [6.45, 7) is 0. The number of amides is 1. The summed E-state index contributed by atoms with van der Waals surface area (Å²) in [5.74, 6) is 0.595. The molecule has 100 valence electrons. The molecule has 2 aliphatic rings. The zero-order valence-electron chi connectivity index (χ0n) is 9.49. The molecule has 0 atom stereocenters. The maximum atomic E-state index is 12.7. The van der Waals surface area contributed by atoms with Crippen LogP contribution < -0.4 is 5.32 Å². The molecule has 2 aromatic heterocycles. The van der Waals surface area contributed by atoms with Crippen LogP contribution in [0.1, 0.15) is 18.5 Å². The van der Waals surface area contributed by atoms with Crippen molar-refractivity contribution in [2.24, 2.45) is 11.3 Å². The first-order valence-corrected chi connectivity index (χ1v) is 6.63. The SMILES string of the molecule is O=C(Nc1ncn2c(C(F)(F)F)csc12)C12CC1C2. The van der Waals surface area contributed by atoms with E-state index in [9.17, 15) is 18.0 Å². The number of halogens is 3. The zero-order valence-corrected chi connectivity index (χ0v) is 10.3. The molecule has 2 aliphatic carbocycles. The summed E-state index contributed by atoms with van der Waals surface area (Å²) in [6.07, 6.45) is -1.53. The highest BCUT2D eigenvalue weighted by Crippen LogP contribution is 2.75. The van der Waals surface area contributed by atoms with Crippen LogP contribution in [0, 0.1) is 11.3 Å². The van der Waals surface area contributed by atoms with Crippen molar-refractivity contribution in [3.63, 3.8) is 0 Å². The summed E-state index contributed by atoms with van der Waals surface area (Å²) in [6, 6.07) is 0. The highest BCUT2D eigenvalue weighted by Gasteiger charge is 2.74. The standard InChI is InChI=1S/C11H8F3N3OS/c12-11(13,14)6-3-19-8-7(15-4-17(6)8)16-9(18)10-1-5(10)2-10/h3-5H,1-2H2,(H,16,18). The lowest BCUT2D eigenvalue weighted by Crippen LogP contribution is -2.18. The van der Waals surface area contributed by atoms with Gasteiger partial charge < -0.3 is 5.32 Å². The molecule has 8 heteroatoms. The first kappa shape index (κ1) is 11.3. The van der Waals surface area contributed by atoms with Crippen molar-refractivity contribution in [1.82, 2.24) is 9.38 Å². The molecule has 0 aliphatic heterocycles. The van der Waals surface area contributed by atoms with Gasteiger partial charge >= 0.3 is 6.18 Å². The number of thiazole rings is 1. The van der Waals surface area contributed by atoms with E-state index in [-0.39, 0.29) is 17.1 Å². The highest BCUT2D eigenvalue weighted by molar-refractivity contribution is 7.16. The first-order chi connectivity index (χ1) is 8.92. The van der Waals surface area contributed by atoms with Crippen LogP contribution in [0.5, 0.6) is 0 Å². The van der Waals surface area contributed by atoms with Gasteiger partial charge in [-0.05, 0) is 18.8 Å². The molecule has 0 bridgehead atoms. The lowest BCUT2D eigenvalue weighted by molar-refractivity contribution is -0.141. The molecule has 2 heterocycles. The Balaban J connectivity index is 1.68. The summed E-state index contributed by atoms with van der Waals surface area (Å²) < 4.78 is 39.1. The Labute approximate surface area is 109 Å². The number of alkyl halides is 3. The fourth-order valence-corrected chi connectivity index (χ4v) is 3.33. The van der Waals surface area contributed by atoms with Gasteiger partial charge in [0.2, 0.25) is 5.91 Å². The zero-order chi connectivity index (χ0) is 13.4. The van der Waals surface area contributed by atoms with E-state index >= 15 is 0 Å². The van der Waals surface area contributed by atoms with Gasteiger partial charge in [-0.2, -0.15) is 13.2 Å². The largest absolute Gasteiger partial charge is 0.432 e. The number of hydrogen-bond acceptors (Lipinski definition) is 3. The van der Waals surface area contributed by atoms with E-state index in [4.69, 9.17) is 0 Å². The topological polar surface area (TPSA) is 46.4 Å². The van der Waals surface area contributed by atoms with Gasteiger partial charge in [-0.1, -0.05) is 0 Å². The van der Waals surface area contributed by atoms with Crippen LogP contribution in [-0.4, -0.2) is 15.3 Å². The summed E-state index contributed by atoms with van der Waals surface area (Å²) in [7, 11) is 0. The molecule has 1 N–H and O–H groups in total. The predicted octanol–water partition coefficient (Wildman–Crippen LogP) is 2.76. The number of fused-ring (bicyclic) bond motifs is 2. The minimum absolute atomic E-state index is 0.111. The van der Waals surface area contributed by atoms with Gasteiger partial charge in [0, 0.05) is 5.38 Å². The van der Waals surface area contributed by atoms with Crippen molar-refractivity contribution in [2.45, 2.75) is 19.0 Å². The van der Waals surface area contributed by atoms with Crippen LogP contribution in [-0.2, 0) is 11.0 Å². The van der Waals surface area contributed by atoms with Crippen molar-refractivity contribution < 1.29 is 18.0 Å². The van der Waals surface area contributed by atoms with Crippen molar-refractivity contribution in [3.8, 4) is 0 Å². The van der Waals surface area contributed by atoms with Crippen LogP contribution in [0.2, 0.25) is 0 Å². The van der Waals surface area contributed by atoms with E-state index in [0.717, 1.165) is 40.3 Å². The van der Waals surface area contributed by atoms with Crippen molar-refractivity contribution >= 4 is 27.9 Å². The fourth-order valence-electron chi connectivity index (χ4n) is 2.38. The van der Waals surface area contributed by atoms with Gasteiger partial charge in [-0.25, -0.2) is 4.98 Å². The highest BCUT2D eigenvalue weighted by atomic mass is 32.1. The molecule has 0 aromatic carbocycles. The predicted molar refractivity (Wildman–Crippen MR) is 61.9 cm³/mol. The molecule has 1 amide bonds. The van der Waals surface area contributed by atoms with E-state index in [2.05, 4.69) is 10.3 Å². The average molecular weight is 287 g/mol. The van der Waals surface area contributed by atoms with Gasteiger partial charge in [-0.15, -0.1) is 11.3 Å². The Morgan fingerprint density at radius 2 is 2.21 bits per heavy atom. The summed E-state index contributed by atoms with van der Waals surface area (Å²) in [5, 5.41) is 3.68. The quantitative estimate of drug-likeness (QED) is 0.923. The fraction of sp³-hybridized carbons (Fsp3) is 0.455. The minimum atomic E-state index is -4.42. The molecule has 0 unspecified atom stereocenters. The van der Waals surface area contributed by atoms with Gasteiger partial charge in [0.1, 0.15) is 16.9 Å². The molecule has 19 heavy (non-hydrogen) atoms. The number of aromatic nitrogens is 2. The second-order valence-corrected chi connectivity index (χ2v) is 5.96. The van der Waals surface area contributed by atoms with Crippen LogP contribution >= 0.6 is 11.3 Å². The van der Waals surface area contributed by atoms with E-state index in [1.807, 2.05) is 0 Å². The Morgan fingerprint density at radius 1 is 1.53 bits per heavy atom. The monoisotopic (exact) mass is 287 g/mol. The number of nitrogens with one attached hydrogen (secondary N) is 1. The smallest absolute Gasteiger partial charge is 0.308 e. The summed E-state index contributed by atoms with van der Waals surface area (Å²) in [4.78, 5) is 16.1. The van der Waals surface area contributed by atoms with Crippen LogP contribution in [0.3, 0.4) is 0 Å². The molecule has 2 aromatic rings. The Kier molecular flexibility index (Phi) is 1.85. The molecule has 2 fully saturated rings. The maximum Gasteiger partial charge on any atom is 0.432 e. The van der Waals surface area contributed by atoms with Gasteiger partial charge in [-0.3, -0.25) is 9.20 Å². The van der Waals surface area contributed by atoms with E-state index in [0.29, 0.717) is 10.7 Å². The number of carbonyl (C=O) groups is 1. The van der Waals surface area contributed by atoms with Crippen LogP contribution in [0.25, 0.3) is 4.83 Å². The molecule has 4 nitrogen and oxygen atoms in total. The maximum absolute atomic E-state index is 12.7. The average Bonchev–Trinajstić information content (AvgIpc) is 3.03. The lowest BCUT2D eigenvalue weighted by atomic mass is 10.2. The Hall–Kier alpha value is -1.57. The molecular weight excluding hydrogens is 279 g/mol. The molecule has 2 saturated carbocycles. The van der Waals surface area contributed by atoms with Crippen molar-refractivity contribution in [2.75, 3.05) is 5.32 Å². The van der Waals surface area contributed by atoms with Crippen molar-refractivity contribution in [1.29, 1.82) is 0 Å². The molecular formula is C11H8F3N3OS. The second kappa shape index (κ2) is 3.12. The minimum Gasteiger partial charge on any atom is -0.308 e. The van der Waals surface area contributed by atoms with E-state index in [1.165, 1.54) is 0 Å². The molecule has 4 rings (SSSR count). The third-order valence-corrected chi connectivity index (χ3v) is 4.88. The van der Waals surface area contributed by atoms with Gasteiger partial charge in [0.25, 0.3) is 0 Å². The number of carbonyl (C=O) groups excluding carboxylic acids is 1. The number of hydrogen-bond donors (Lipinski definition) is 1. The lowest BCUT2D eigenvalue weighted by Gasteiger charge is -2.04. The van der Waals surface area contributed by atoms with Gasteiger partial charge in [0.05, 0.1) is 5.41 Å². The summed E-state index contributed by atoms with van der Waals surface area (Å²) >= 11 is 0.926. The number of rotatable bonds is 2. The van der Waals surface area contributed by atoms with Crippen LogP contribution in [0.4, 0.5) is 19.0 Å². The summed E-state index contributed by atoms with van der Waals surface area (Å²) in [5.41, 5.74) is -0.991. The number of imidazole rings is 1.